The lowest BCUT2D eigenvalue weighted by Gasteiger charge is -2.30. The first-order valence-corrected chi connectivity index (χ1v) is 8.27. The van der Waals surface area contributed by atoms with Crippen molar-refractivity contribution < 1.29 is 9.21 Å². The summed E-state index contributed by atoms with van der Waals surface area (Å²) in [5.74, 6) is 1.78. The molecule has 7 heteroatoms. The molecule has 0 aliphatic carbocycles. The minimum Gasteiger partial charge on any atom is -0.461 e. The van der Waals surface area contributed by atoms with Crippen LogP contribution in [0.25, 0.3) is 11.6 Å². The van der Waals surface area contributed by atoms with Crippen molar-refractivity contribution in [2.45, 2.75) is 44.9 Å². The molecule has 0 spiro atoms. The Morgan fingerprint density at radius 1 is 1.32 bits per heavy atom. The van der Waals surface area contributed by atoms with Gasteiger partial charge in [-0.3, -0.25) is 4.79 Å². The molecule has 0 aliphatic rings. The summed E-state index contributed by atoms with van der Waals surface area (Å²) in [7, 11) is 1.87. The van der Waals surface area contributed by atoms with Gasteiger partial charge in [-0.05, 0) is 39.8 Å². The summed E-state index contributed by atoms with van der Waals surface area (Å²) in [4.78, 5) is 14.3. The first kappa shape index (κ1) is 16.6. The maximum absolute atomic E-state index is 12.4. The molecule has 0 unspecified atom stereocenters. The van der Waals surface area contributed by atoms with E-state index < -0.39 is 0 Å². The quantitative estimate of drug-likeness (QED) is 0.765. The summed E-state index contributed by atoms with van der Waals surface area (Å²) in [6.07, 6.45) is 1.60. The van der Waals surface area contributed by atoms with Crippen LogP contribution in [0.4, 0.5) is 0 Å². The second-order valence-electron chi connectivity index (χ2n) is 5.62. The number of furan rings is 1. The van der Waals surface area contributed by atoms with Gasteiger partial charge in [-0.15, -0.1) is 10.2 Å². The number of nitrogens with zero attached hydrogens (tertiary/aromatic N) is 4. The van der Waals surface area contributed by atoms with Gasteiger partial charge < -0.3 is 13.9 Å². The van der Waals surface area contributed by atoms with Crippen molar-refractivity contribution in [1.29, 1.82) is 0 Å². The molecule has 0 bridgehead atoms. The van der Waals surface area contributed by atoms with Crippen LogP contribution in [0.1, 0.15) is 27.7 Å². The number of rotatable bonds is 6. The average molecular weight is 322 g/mol. The Kier molecular flexibility index (Phi) is 5.28. The number of carbonyl (C=O) groups is 1. The number of amides is 1. The maximum Gasteiger partial charge on any atom is 0.233 e. The first-order chi connectivity index (χ1) is 10.4. The van der Waals surface area contributed by atoms with Crippen molar-refractivity contribution in [3.05, 3.63) is 18.4 Å². The maximum atomic E-state index is 12.4. The molecule has 2 aromatic rings. The Hall–Kier alpha value is -1.76. The molecule has 2 aromatic heterocycles. The van der Waals surface area contributed by atoms with Crippen molar-refractivity contribution in [1.82, 2.24) is 19.7 Å². The zero-order valence-corrected chi connectivity index (χ0v) is 14.4. The summed E-state index contributed by atoms with van der Waals surface area (Å²) < 4.78 is 7.17. The van der Waals surface area contributed by atoms with Crippen molar-refractivity contribution >= 4 is 17.7 Å². The van der Waals surface area contributed by atoms with Crippen LogP contribution in [0.2, 0.25) is 0 Å². The summed E-state index contributed by atoms with van der Waals surface area (Å²) in [5.41, 5.74) is 0. The Balaban J connectivity index is 2.05. The lowest BCUT2D eigenvalue weighted by Crippen LogP contribution is -2.43. The van der Waals surface area contributed by atoms with Gasteiger partial charge in [0.25, 0.3) is 0 Å². The minimum atomic E-state index is 0.109. The van der Waals surface area contributed by atoms with Gasteiger partial charge in [0.1, 0.15) is 0 Å². The predicted molar refractivity (Wildman–Crippen MR) is 86.5 cm³/mol. The lowest BCUT2D eigenvalue weighted by atomic mass is 10.2. The number of hydrogen-bond acceptors (Lipinski definition) is 5. The fourth-order valence-electron chi connectivity index (χ4n) is 2.43. The molecule has 120 valence electrons. The SMILES string of the molecule is CC(C)N(C(=O)CSc1nnc(-c2ccco2)n1C)C(C)C. The van der Waals surface area contributed by atoms with Crippen LogP contribution in [-0.4, -0.2) is 43.4 Å². The van der Waals surface area contributed by atoms with Crippen molar-refractivity contribution in [3.8, 4) is 11.6 Å². The van der Waals surface area contributed by atoms with Crippen molar-refractivity contribution in [3.63, 3.8) is 0 Å². The van der Waals surface area contributed by atoms with E-state index in [2.05, 4.69) is 10.2 Å². The van der Waals surface area contributed by atoms with E-state index >= 15 is 0 Å². The molecule has 0 saturated heterocycles. The topological polar surface area (TPSA) is 64.2 Å². The Bertz CT molecular complexity index is 612. The highest BCUT2D eigenvalue weighted by atomic mass is 32.2. The van der Waals surface area contributed by atoms with E-state index in [1.54, 1.807) is 6.26 Å². The van der Waals surface area contributed by atoms with Gasteiger partial charge in [0.2, 0.25) is 5.91 Å². The largest absolute Gasteiger partial charge is 0.461 e. The van der Waals surface area contributed by atoms with E-state index in [9.17, 15) is 4.79 Å². The van der Waals surface area contributed by atoms with Crippen molar-refractivity contribution in [2.75, 3.05) is 5.75 Å². The van der Waals surface area contributed by atoms with Gasteiger partial charge in [-0.1, -0.05) is 11.8 Å². The van der Waals surface area contributed by atoms with Gasteiger partial charge in [0, 0.05) is 19.1 Å². The summed E-state index contributed by atoms with van der Waals surface area (Å²) in [6.45, 7) is 8.11. The van der Waals surface area contributed by atoms with Crippen LogP contribution in [-0.2, 0) is 11.8 Å². The second kappa shape index (κ2) is 7.00. The lowest BCUT2D eigenvalue weighted by molar-refractivity contribution is -0.131. The molecule has 22 heavy (non-hydrogen) atoms. The zero-order valence-electron chi connectivity index (χ0n) is 13.6. The predicted octanol–water partition coefficient (Wildman–Crippen LogP) is 2.81. The normalized spacial score (nSPS) is 11.4. The smallest absolute Gasteiger partial charge is 0.233 e. The number of hydrogen-bond donors (Lipinski definition) is 0. The van der Waals surface area contributed by atoms with Crippen LogP contribution in [0.15, 0.2) is 28.0 Å². The third kappa shape index (κ3) is 3.52. The van der Waals surface area contributed by atoms with E-state index in [-0.39, 0.29) is 18.0 Å². The van der Waals surface area contributed by atoms with Crippen molar-refractivity contribution in [2.24, 2.45) is 7.05 Å². The van der Waals surface area contributed by atoms with Crippen LogP contribution < -0.4 is 0 Å². The Morgan fingerprint density at radius 3 is 2.55 bits per heavy atom. The van der Waals surface area contributed by atoms with E-state index in [0.29, 0.717) is 22.5 Å². The van der Waals surface area contributed by atoms with Gasteiger partial charge in [-0.25, -0.2) is 0 Å². The highest BCUT2D eigenvalue weighted by Gasteiger charge is 2.21. The number of aromatic nitrogens is 3. The molecule has 0 aliphatic heterocycles. The minimum absolute atomic E-state index is 0.109. The summed E-state index contributed by atoms with van der Waals surface area (Å²) in [5, 5.41) is 8.96. The fourth-order valence-corrected chi connectivity index (χ4v) is 3.21. The fraction of sp³-hybridized carbons (Fsp3) is 0.533. The first-order valence-electron chi connectivity index (χ1n) is 7.29. The molecule has 6 nitrogen and oxygen atoms in total. The molecule has 0 aromatic carbocycles. The standard InChI is InChI=1S/C15H22N4O2S/c1-10(2)19(11(3)4)13(20)9-22-15-17-16-14(18(15)5)12-7-6-8-21-12/h6-8,10-11H,9H2,1-5H3. The monoisotopic (exact) mass is 322 g/mol. The van der Waals surface area contributed by atoms with Crippen LogP contribution in [0, 0.1) is 0 Å². The molecule has 2 heterocycles. The Labute approximate surface area is 134 Å². The van der Waals surface area contributed by atoms with E-state index in [0.717, 1.165) is 0 Å². The average Bonchev–Trinajstić information content (AvgIpc) is 3.05. The van der Waals surface area contributed by atoms with Crippen LogP contribution >= 0.6 is 11.8 Å². The molecule has 0 N–H and O–H groups in total. The molecule has 0 atom stereocenters. The molecule has 0 saturated carbocycles. The summed E-state index contributed by atoms with van der Waals surface area (Å²) >= 11 is 1.39. The Morgan fingerprint density at radius 2 is 2.00 bits per heavy atom. The van der Waals surface area contributed by atoms with Gasteiger partial charge in [0.15, 0.2) is 16.7 Å². The van der Waals surface area contributed by atoms with Gasteiger partial charge in [-0.2, -0.15) is 0 Å². The van der Waals surface area contributed by atoms with Gasteiger partial charge >= 0.3 is 0 Å². The number of thioether (sulfide) groups is 1. The van der Waals surface area contributed by atoms with E-state index in [1.165, 1.54) is 11.8 Å². The van der Waals surface area contributed by atoms with Crippen LogP contribution in [0.3, 0.4) is 0 Å². The third-order valence-corrected chi connectivity index (χ3v) is 4.31. The molecule has 0 radical (unpaired) electrons. The highest BCUT2D eigenvalue weighted by molar-refractivity contribution is 7.99. The molecular formula is C15H22N4O2S. The van der Waals surface area contributed by atoms with E-state index in [1.807, 2.05) is 56.3 Å². The molecule has 1 amide bonds. The van der Waals surface area contributed by atoms with Gasteiger partial charge in [0.05, 0.1) is 12.0 Å². The summed E-state index contributed by atoms with van der Waals surface area (Å²) in [6, 6.07) is 4.02. The molecule has 0 fully saturated rings. The zero-order chi connectivity index (χ0) is 16.3. The van der Waals surface area contributed by atoms with Crippen LogP contribution in [0.5, 0.6) is 0 Å². The molecular weight excluding hydrogens is 300 g/mol. The van der Waals surface area contributed by atoms with E-state index in [4.69, 9.17) is 4.42 Å². The number of carbonyl (C=O) groups excluding carboxylic acids is 1. The highest BCUT2D eigenvalue weighted by Crippen LogP contribution is 2.23. The molecule has 2 rings (SSSR count). The third-order valence-electron chi connectivity index (χ3n) is 3.30. The second-order valence-corrected chi connectivity index (χ2v) is 6.56.